The molecule has 2 aromatic carbocycles. The SMILES string of the molecule is Nc1ccc(COc2ccc(Cl)cc2)c(C(F)(F)F)c1. The Labute approximate surface area is 118 Å². The van der Waals surface area contributed by atoms with Crippen molar-refractivity contribution >= 4 is 17.3 Å². The average molecular weight is 302 g/mol. The maximum Gasteiger partial charge on any atom is 0.416 e. The summed E-state index contributed by atoms with van der Waals surface area (Å²) >= 11 is 5.71. The molecule has 0 aliphatic heterocycles. The number of ether oxygens (including phenoxy) is 1. The number of hydrogen-bond acceptors (Lipinski definition) is 2. The third-order valence-electron chi connectivity index (χ3n) is 2.65. The predicted octanol–water partition coefficient (Wildman–Crippen LogP) is 4.52. The van der Waals surface area contributed by atoms with E-state index in [-0.39, 0.29) is 17.9 Å². The lowest BCUT2D eigenvalue weighted by Gasteiger charge is -2.14. The zero-order valence-electron chi connectivity index (χ0n) is 10.2. The molecule has 0 aromatic heterocycles. The smallest absolute Gasteiger partial charge is 0.416 e. The third kappa shape index (κ3) is 3.57. The van der Waals surface area contributed by atoms with Crippen LogP contribution in [0.15, 0.2) is 42.5 Å². The maximum atomic E-state index is 12.9. The molecule has 0 aliphatic rings. The quantitative estimate of drug-likeness (QED) is 0.846. The van der Waals surface area contributed by atoms with Crippen molar-refractivity contribution in [1.82, 2.24) is 0 Å². The molecule has 2 aromatic rings. The monoisotopic (exact) mass is 301 g/mol. The van der Waals surface area contributed by atoms with E-state index in [4.69, 9.17) is 22.1 Å². The van der Waals surface area contributed by atoms with Gasteiger partial charge in [-0.25, -0.2) is 0 Å². The summed E-state index contributed by atoms with van der Waals surface area (Å²) < 4.78 is 44.0. The Morgan fingerprint density at radius 2 is 1.70 bits per heavy atom. The van der Waals surface area contributed by atoms with Gasteiger partial charge in [0.1, 0.15) is 12.4 Å². The van der Waals surface area contributed by atoms with Crippen LogP contribution in [0.3, 0.4) is 0 Å². The molecule has 0 saturated heterocycles. The van der Waals surface area contributed by atoms with E-state index in [0.717, 1.165) is 6.07 Å². The summed E-state index contributed by atoms with van der Waals surface area (Å²) in [5, 5.41) is 0.529. The topological polar surface area (TPSA) is 35.2 Å². The molecular formula is C14H11ClF3NO. The molecule has 0 fully saturated rings. The highest BCUT2D eigenvalue weighted by Gasteiger charge is 2.33. The summed E-state index contributed by atoms with van der Waals surface area (Å²) in [6, 6.07) is 10.0. The van der Waals surface area contributed by atoms with Crippen LogP contribution in [0.4, 0.5) is 18.9 Å². The first-order chi connectivity index (χ1) is 9.36. The van der Waals surface area contributed by atoms with Crippen LogP contribution < -0.4 is 10.5 Å². The zero-order valence-corrected chi connectivity index (χ0v) is 11.0. The van der Waals surface area contributed by atoms with Crippen molar-refractivity contribution < 1.29 is 17.9 Å². The van der Waals surface area contributed by atoms with Gasteiger partial charge in [-0.3, -0.25) is 0 Å². The van der Waals surface area contributed by atoms with Crippen LogP contribution in [0, 0.1) is 0 Å². The first-order valence-corrected chi connectivity index (χ1v) is 6.08. The summed E-state index contributed by atoms with van der Waals surface area (Å²) in [4.78, 5) is 0. The molecule has 6 heteroatoms. The number of halogens is 4. The molecule has 0 bridgehead atoms. The number of hydrogen-bond donors (Lipinski definition) is 1. The van der Waals surface area contributed by atoms with Crippen molar-refractivity contribution in [1.29, 1.82) is 0 Å². The lowest BCUT2D eigenvalue weighted by Crippen LogP contribution is -2.11. The minimum absolute atomic E-state index is 0.0293. The van der Waals surface area contributed by atoms with Crippen molar-refractivity contribution in [3.05, 3.63) is 58.6 Å². The van der Waals surface area contributed by atoms with Crippen LogP contribution in [-0.2, 0) is 12.8 Å². The van der Waals surface area contributed by atoms with Crippen molar-refractivity contribution in [2.75, 3.05) is 5.73 Å². The van der Waals surface area contributed by atoms with Gasteiger partial charge in [-0.2, -0.15) is 13.2 Å². The van der Waals surface area contributed by atoms with Crippen molar-refractivity contribution in [2.24, 2.45) is 0 Å². The van der Waals surface area contributed by atoms with Crippen molar-refractivity contribution in [3.63, 3.8) is 0 Å². The van der Waals surface area contributed by atoms with Gasteiger partial charge in [0.05, 0.1) is 5.56 Å². The van der Waals surface area contributed by atoms with Gasteiger partial charge in [0.15, 0.2) is 0 Å². The van der Waals surface area contributed by atoms with Crippen LogP contribution in [0.2, 0.25) is 5.02 Å². The Hall–Kier alpha value is -1.88. The molecule has 2 N–H and O–H groups in total. The fraction of sp³-hybridized carbons (Fsp3) is 0.143. The van der Waals surface area contributed by atoms with Crippen molar-refractivity contribution in [3.8, 4) is 5.75 Å². The van der Waals surface area contributed by atoms with Crippen LogP contribution in [0.5, 0.6) is 5.75 Å². The van der Waals surface area contributed by atoms with E-state index in [1.54, 1.807) is 24.3 Å². The largest absolute Gasteiger partial charge is 0.489 e. The van der Waals surface area contributed by atoms with E-state index in [0.29, 0.717) is 10.8 Å². The van der Waals surface area contributed by atoms with E-state index in [1.807, 2.05) is 0 Å². The lowest BCUT2D eigenvalue weighted by atomic mass is 10.1. The average Bonchev–Trinajstić information content (AvgIpc) is 2.38. The van der Waals surface area contributed by atoms with Gasteiger partial charge in [-0.1, -0.05) is 17.7 Å². The molecule has 106 valence electrons. The highest BCUT2D eigenvalue weighted by atomic mass is 35.5. The first-order valence-electron chi connectivity index (χ1n) is 5.70. The fourth-order valence-electron chi connectivity index (χ4n) is 1.68. The van der Waals surface area contributed by atoms with Crippen LogP contribution in [-0.4, -0.2) is 0 Å². The molecule has 0 saturated carbocycles. The number of rotatable bonds is 3. The molecule has 0 spiro atoms. The Bertz CT molecular complexity index is 596. The molecule has 2 nitrogen and oxygen atoms in total. The van der Waals surface area contributed by atoms with Gasteiger partial charge in [0.25, 0.3) is 0 Å². The normalized spacial score (nSPS) is 11.4. The maximum absolute atomic E-state index is 12.9. The number of anilines is 1. The molecule has 0 atom stereocenters. The van der Waals surface area contributed by atoms with E-state index in [1.165, 1.54) is 12.1 Å². The molecule has 0 radical (unpaired) electrons. The molecule has 0 amide bonds. The van der Waals surface area contributed by atoms with Crippen LogP contribution in [0.1, 0.15) is 11.1 Å². The molecule has 0 aliphatic carbocycles. The molecule has 0 unspecified atom stereocenters. The van der Waals surface area contributed by atoms with Crippen LogP contribution in [0.25, 0.3) is 0 Å². The standard InChI is InChI=1S/C14H11ClF3NO/c15-10-2-5-12(6-3-10)20-8-9-1-4-11(19)7-13(9)14(16,17)18/h1-7H,8,19H2. The number of nitrogen functional groups attached to an aromatic ring is 1. The molecular weight excluding hydrogens is 291 g/mol. The third-order valence-corrected chi connectivity index (χ3v) is 2.90. The second-order valence-electron chi connectivity index (χ2n) is 4.16. The summed E-state index contributed by atoms with van der Waals surface area (Å²) in [6.45, 7) is -0.198. The number of nitrogens with two attached hydrogens (primary N) is 1. The summed E-state index contributed by atoms with van der Waals surface area (Å²) in [6.07, 6.45) is -4.46. The van der Waals surface area contributed by atoms with Gasteiger partial charge < -0.3 is 10.5 Å². The Kier molecular flexibility index (Phi) is 4.09. The lowest BCUT2D eigenvalue weighted by molar-refractivity contribution is -0.138. The Morgan fingerprint density at radius 3 is 2.30 bits per heavy atom. The second kappa shape index (κ2) is 5.63. The number of benzene rings is 2. The van der Waals surface area contributed by atoms with Gasteiger partial charge in [-0.05, 0) is 36.4 Å². The van der Waals surface area contributed by atoms with E-state index < -0.39 is 11.7 Å². The van der Waals surface area contributed by atoms with Gasteiger partial charge in [0.2, 0.25) is 0 Å². The van der Waals surface area contributed by atoms with Gasteiger partial charge >= 0.3 is 6.18 Å². The summed E-state index contributed by atoms with van der Waals surface area (Å²) in [7, 11) is 0. The van der Waals surface area contributed by atoms with Crippen molar-refractivity contribution in [2.45, 2.75) is 12.8 Å². The minimum atomic E-state index is -4.46. The summed E-state index contributed by atoms with van der Waals surface area (Å²) in [5.41, 5.74) is 4.70. The molecule has 0 heterocycles. The molecule has 2 rings (SSSR count). The predicted molar refractivity (Wildman–Crippen MR) is 71.6 cm³/mol. The van der Waals surface area contributed by atoms with Gasteiger partial charge in [-0.15, -0.1) is 0 Å². The van der Waals surface area contributed by atoms with E-state index in [9.17, 15) is 13.2 Å². The van der Waals surface area contributed by atoms with E-state index in [2.05, 4.69) is 0 Å². The fourth-order valence-corrected chi connectivity index (χ4v) is 1.80. The molecule has 20 heavy (non-hydrogen) atoms. The Morgan fingerprint density at radius 1 is 1.05 bits per heavy atom. The first kappa shape index (κ1) is 14.5. The highest BCUT2D eigenvalue weighted by Crippen LogP contribution is 2.33. The Balaban J connectivity index is 2.19. The zero-order chi connectivity index (χ0) is 14.8. The second-order valence-corrected chi connectivity index (χ2v) is 4.59. The highest BCUT2D eigenvalue weighted by molar-refractivity contribution is 6.30. The summed E-state index contributed by atoms with van der Waals surface area (Å²) in [5.74, 6) is 0.444. The minimum Gasteiger partial charge on any atom is -0.489 e. The van der Waals surface area contributed by atoms with Crippen LogP contribution >= 0.6 is 11.6 Å². The van der Waals surface area contributed by atoms with Gasteiger partial charge in [0, 0.05) is 16.3 Å². The van der Waals surface area contributed by atoms with E-state index >= 15 is 0 Å². The number of alkyl halides is 3.